The van der Waals surface area contributed by atoms with E-state index in [4.69, 9.17) is 0 Å². The molecule has 0 bridgehead atoms. The van der Waals surface area contributed by atoms with Gasteiger partial charge in [0.1, 0.15) is 0 Å². The Labute approximate surface area is 120 Å². The van der Waals surface area contributed by atoms with Gasteiger partial charge in [-0.15, -0.1) is 11.3 Å². The fraction of sp³-hybridized carbons (Fsp3) is 0.688. The lowest BCUT2D eigenvalue weighted by atomic mass is 9.69. The fourth-order valence-corrected chi connectivity index (χ4v) is 3.87. The van der Waals surface area contributed by atoms with Crippen LogP contribution in [0.15, 0.2) is 17.5 Å². The smallest absolute Gasteiger partial charge is 0.225 e. The van der Waals surface area contributed by atoms with Crippen LogP contribution in [0.2, 0.25) is 0 Å². The van der Waals surface area contributed by atoms with Crippen molar-refractivity contribution in [2.24, 2.45) is 11.3 Å². The Morgan fingerprint density at radius 1 is 1.37 bits per heavy atom. The van der Waals surface area contributed by atoms with Crippen LogP contribution in [0.1, 0.15) is 51.3 Å². The zero-order chi connectivity index (χ0) is 13.9. The highest BCUT2D eigenvalue weighted by Crippen LogP contribution is 2.38. The number of carbonyl (C=O) groups excluding carboxylic acids is 1. The number of hydrogen-bond acceptors (Lipinski definition) is 2. The molecule has 1 aliphatic rings. The molecule has 1 N–H and O–H groups in total. The lowest BCUT2D eigenvalue weighted by Crippen LogP contribution is -2.47. The third-order valence-corrected chi connectivity index (χ3v) is 5.02. The minimum atomic E-state index is 0.184. The SMILES string of the molecule is CC(C)(C)C1CCCCC1NC(=O)Cc1cccs1. The van der Waals surface area contributed by atoms with Crippen molar-refractivity contribution < 1.29 is 4.79 Å². The number of rotatable bonds is 3. The lowest BCUT2D eigenvalue weighted by Gasteiger charge is -2.40. The van der Waals surface area contributed by atoms with Crippen LogP contribution < -0.4 is 5.32 Å². The predicted octanol–water partition coefficient (Wildman–Crippen LogP) is 4.01. The summed E-state index contributed by atoms with van der Waals surface area (Å²) in [7, 11) is 0. The molecule has 0 aromatic carbocycles. The standard InChI is InChI=1S/C16H25NOS/c1-16(2,3)13-8-4-5-9-14(13)17-15(18)11-12-7-6-10-19-12/h6-7,10,13-14H,4-5,8-9,11H2,1-3H3,(H,17,18). The zero-order valence-corrected chi connectivity index (χ0v) is 13.1. The van der Waals surface area contributed by atoms with E-state index in [1.165, 1.54) is 19.3 Å². The molecule has 1 saturated carbocycles. The number of amides is 1. The summed E-state index contributed by atoms with van der Waals surface area (Å²) < 4.78 is 0. The molecule has 19 heavy (non-hydrogen) atoms. The topological polar surface area (TPSA) is 29.1 Å². The summed E-state index contributed by atoms with van der Waals surface area (Å²) in [5, 5.41) is 5.31. The summed E-state index contributed by atoms with van der Waals surface area (Å²) in [5.41, 5.74) is 0.279. The van der Waals surface area contributed by atoms with E-state index in [1.54, 1.807) is 11.3 Å². The van der Waals surface area contributed by atoms with Crippen LogP contribution >= 0.6 is 11.3 Å². The second-order valence-corrected chi connectivity index (χ2v) is 7.72. The Hall–Kier alpha value is -0.830. The molecular formula is C16H25NOS. The molecule has 0 spiro atoms. The monoisotopic (exact) mass is 279 g/mol. The van der Waals surface area contributed by atoms with Crippen LogP contribution in [0.3, 0.4) is 0 Å². The average Bonchev–Trinajstić information content (AvgIpc) is 2.81. The number of thiophene rings is 1. The molecule has 1 aromatic heterocycles. The number of nitrogens with one attached hydrogen (secondary N) is 1. The van der Waals surface area contributed by atoms with E-state index >= 15 is 0 Å². The quantitative estimate of drug-likeness (QED) is 0.890. The third kappa shape index (κ3) is 4.07. The van der Waals surface area contributed by atoms with E-state index in [1.807, 2.05) is 17.5 Å². The van der Waals surface area contributed by atoms with Gasteiger partial charge in [0.05, 0.1) is 6.42 Å². The molecule has 1 fully saturated rings. The van der Waals surface area contributed by atoms with Crippen LogP contribution in [-0.4, -0.2) is 11.9 Å². The average molecular weight is 279 g/mol. The van der Waals surface area contributed by atoms with Gasteiger partial charge in [0.25, 0.3) is 0 Å². The first-order chi connectivity index (χ1) is 8.97. The second kappa shape index (κ2) is 6.08. The van der Waals surface area contributed by atoms with E-state index in [2.05, 4.69) is 26.1 Å². The van der Waals surface area contributed by atoms with E-state index in [0.717, 1.165) is 11.3 Å². The Bertz CT molecular complexity index is 405. The van der Waals surface area contributed by atoms with Crippen molar-refractivity contribution in [2.45, 2.75) is 58.9 Å². The number of hydrogen-bond donors (Lipinski definition) is 1. The molecule has 2 rings (SSSR count). The summed E-state index contributed by atoms with van der Waals surface area (Å²) in [6, 6.07) is 4.40. The molecule has 1 aliphatic carbocycles. The van der Waals surface area contributed by atoms with Crippen molar-refractivity contribution >= 4 is 17.2 Å². The van der Waals surface area contributed by atoms with Gasteiger partial charge in [0.2, 0.25) is 5.91 Å². The second-order valence-electron chi connectivity index (χ2n) is 6.69. The highest BCUT2D eigenvalue weighted by Gasteiger charge is 2.34. The summed E-state index contributed by atoms with van der Waals surface area (Å²) in [6.07, 6.45) is 5.46. The lowest BCUT2D eigenvalue weighted by molar-refractivity contribution is -0.122. The summed E-state index contributed by atoms with van der Waals surface area (Å²) >= 11 is 1.66. The van der Waals surface area contributed by atoms with E-state index in [0.29, 0.717) is 18.4 Å². The van der Waals surface area contributed by atoms with E-state index < -0.39 is 0 Å². The van der Waals surface area contributed by atoms with E-state index in [-0.39, 0.29) is 11.3 Å². The maximum Gasteiger partial charge on any atom is 0.225 e. The molecule has 2 atom stereocenters. The van der Waals surface area contributed by atoms with Gasteiger partial charge in [-0.1, -0.05) is 39.7 Å². The maximum atomic E-state index is 12.1. The molecule has 0 saturated heterocycles. The van der Waals surface area contributed by atoms with Gasteiger partial charge in [-0.25, -0.2) is 0 Å². The van der Waals surface area contributed by atoms with Gasteiger partial charge in [-0.05, 0) is 35.6 Å². The van der Waals surface area contributed by atoms with Crippen molar-refractivity contribution in [1.82, 2.24) is 5.32 Å². The number of carbonyl (C=O) groups is 1. The van der Waals surface area contributed by atoms with Gasteiger partial charge in [-0.2, -0.15) is 0 Å². The first-order valence-electron chi connectivity index (χ1n) is 7.28. The van der Waals surface area contributed by atoms with Crippen LogP contribution in [0.4, 0.5) is 0 Å². The molecule has 1 aromatic rings. The van der Waals surface area contributed by atoms with Crippen molar-refractivity contribution in [1.29, 1.82) is 0 Å². The van der Waals surface area contributed by atoms with Crippen molar-refractivity contribution in [3.8, 4) is 0 Å². The molecule has 0 radical (unpaired) electrons. The first-order valence-corrected chi connectivity index (χ1v) is 8.16. The molecule has 2 nitrogen and oxygen atoms in total. The maximum absolute atomic E-state index is 12.1. The first kappa shape index (κ1) is 14.6. The normalized spacial score (nSPS) is 24.2. The van der Waals surface area contributed by atoms with Crippen LogP contribution in [-0.2, 0) is 11.2 Å². The Balaban J connectivity index is 1.94. The Morgan fingerprint density at radius 2 is 2.11 bits per heavy atom. The van der Waals surface area contributed by atoms with Crippen molar-refractivity contribution in [3.63, 3.8) is 0 Å². The summed E-state index contributed by atoms with van der Waals surface area (Å²) in [5.74, 6) is 0.789. The largest absolute Gasteiger partial charge is 0.353 e. The third-order valence-electron chi connectivity index (χ3n) is 4.14. The Morgan fingerprint density at radius 3 is 2.74 bits per heavy atom. The van der Waals surface area contributed by atoms with Gasteiger partial charge in [0.15, 0.2) is 0 Å². The van der Waals surface area contributed by atoms with Crippen LogP contribution in [0.5, 0.6) is 0 Å². The molecule has 3 heteroatoms. The fourth-order valence-electron chi connectivity index (χ4n) is 3.17. The molecule has 1 heterocycles. The van der Waals surface area contributed by atoms with Crippen LogP contribution in [0, 0.1) is 11.3 Å². The van der Waals surface area contributed by atoms with Crippen molar-refractivity contribution in [2.75, 3.05) is 0 Å². The Kier molecular flexibility index (Phi) is 4.67. The van der Waals surface area contributed by atoms with E-state index in [9.17, 15) is 4.79 Å². The van der Waals surface area contributed by atoms with Gasteiger partial charge < -0.3 is 5.32 Å². The summed E-state index contributed by atoms with van der Waals surface area (Å²) in [4.78, 5) is 13.3. The van der Waals surface area contributed by atoms with Gasteiger partial charge in [-0.3, -0.25) is 4.79 Å². The van der Waals surface area contributed by atoms with Gasteiger partial charge in [0, 0.05) is 10.9 Å². The molecule has 106 valence electrons. The van der Waals surface area contributed by atoms with Gasteiger partial charge >= 0.3 is 0 Å². The minimum Gasteiger partial charge on any atom is -0.353 e. The highest BCUT2D eigenvalue weighted by atomic mass is 32.1. The summed E-state index contributed by atoms with van der Waals surface area (Å²) in [6.45, 7) is 6.88. The van der Waals surface area contributed by atoms with Crippen LogP contribution in [0.25, 0.3) is 0 Å². The molecule has 0 aliphatic heterocycles. The highest BCUT2D eigenvalue weighted by molar-refractivity contribution is 7.10. The minimum absolute atomic E-state index is 0.184. The molecular weight excluding hydrogens is 254 g/mol. The predicted molar refractivity (Wildman–Crippen MR) is 81.4 cm³/mol. The zero-order valence-electron chi connectivity index (χ0n) is 12.2. The molecule has 1 amide bonds. The molecule has 2 unspecified atom stereocenters. The van der Waals surface area contributed by atoms with Crippen molar-refractivity contribution in [3.05, 3.63) is 22.4 Å².